The Morgan fingerprint density at radius 3 is 2.53 bits per heavy atom. The number of hydrogen-bond donors (Lipinski definition) is 2. The van der Waals surface area contributed by atoms with Crippen LogP contribution in [0.1, 0.15) is 26.6 Å². The fourth-order valence-corrected chi connectivity index (χ4v) is 2.25. The summed E-state index contributed by atoms with van der Waals surface area (Å²) in [5, 5.41) is 0. The Bertz CT molecular complexity index is 707. The van der Waals surface area contributed by atoms with Gasteiger partial charge in [0.25, 0.3) is 5.56 Å². The highest BCUT2D eigenvalue weighted by atomic mass is 16.2. The molecule has 0 fully saturated rings. The highest BCUT2D eigenvalue weighted by molar-refractivity contribution is 5.70. The highest BCUT2D eigenvalue weighted by Gasteiger charge is 2.17. The largest absolute Gasteiger partial charge is 0.330 e. The van der Waals surface area contributed by atoms with Crippen LogP contribution < -0.4 is 17.0 Å². The third-order valence-corrected chi connectivity index (χ3v) is 3.01. The van der Waals surface area contributed by atoms with Crippen molar-refractivity contribution in [1.29, 1.82) is 0 Å². The van der Waals surface area contributed by atoms with Crippen LogP contribution in [0, 0.1) is 5.92 Å². The molecule has 0 bridgehead atoms. The van der Waals surface area contributed by atoms with Gasteiger partial charge in [-0.2, -0.15) is 0 Å². The van der Waals surface area contributed by atoms with Gasteiger partial charge in [0.1, 0.15) is 5.82 Å². The van der Waals surface area contributed by atoms with Gasteiger partial charge in [0, 0.05) is 13.1 Å². The number of H-pyrrole nitrogens is 1. The molecule has 0 radical (unpaired) electrons. The molecular formula is C12H19N5O2. The summed E-state index contributed by atoms with van der Waals surface area (Å²) in [5.74, 6) is 0.894. The first kappa shape index (κ1) is 13.5. The maximum absolute atomic E-state index is 12.0. The van der Waals surface area contributed by atoms with Crippen molar-refractivity contribution in [2.45, 2.75) is 40.4 Å². The molecule has 2 rings (SSSR count). The van der Waals surface area contributed by atoms with Gasteiger partial charge in [0.05, 0.1) is 6.54 Å². The lowest BCUT2D eigenvalue weighted by Gasteiger charge is -2.08. The Morgan fingerprint density at radius 2 is 2.00 bits per heavy atom. The van der Waals surface area contributed by atoms with Crippen molar-refractivity contribution in [1.82, 2.24) is 19.1 Å². The smallest absolute Gasteiger partial charge is 0.324 e. The van der Waals surface area contributed by atoms with Crippen LogP contribution in [0.3, 0.4) is 0 Å². The molecule has 104 valence electrons. The number of aryl methyl sites for hydroxylation is 1. The fraction of sp³-hybridized carbons (Fsp3) is 0.583. The fourth-order valence-electron chi connectivity index (χ4n) is 2.25. The van der Waals surface area contributed by atoms with Crippen molar-refractivity contribution in [2.24, 2.45) is 11.7 Å². The van der Waals surface area contributed by atoms with Crippen LogP contribution in [0.15, 0.2) is 9.59 Å². The molecule has 0 saturated carbocycles. The maximum Gasteiger partial charge on any atom is 0.330 e. The van der Waals surface area contributed by atoms with E-state index < -0.39 is 11.2 Å². The molecular weight excluding hydrogens is 246 g/mol. The first-order chi connectivity index (χ1) is 8.99. The van der Waals surface area contributed by atoms with Crippen LogP contribution in [0.2, 0.25) is 0 Å². The molecule has 2 heterocycles. The second-order valence-electron chi connectivity index (χ2n) is 4.91. The Morgan fingerprint density at radius 1 is 1.32 bits per heavy atom. The van der Waals surface area contributed by atoms with Crippen molar-refractivity contribution in [3.63, 3.8) is 0 Å². The topological polar surface area (TPSA) is 98.7 Å². The summed E-state index contributed by atoms with van der Waals surface area (Å²) in [6, 6.07) is 0. The van der Waals surface area contributed by atoms with Crippen LogP contribution in [-0.2, 0) is 19.6 Å². The summed E-state index contributed by atoms with van der Waals surface area (Å²) >= 11 is 0. The second-order valence-corrected chi connectivity index (χ2v) is 4.91. The third-order valence-electron chi connectivity index (χ3n) is 3.01. The van der Waals surface area contributed by atoms with Gasteiger partial charge in [-0.05, 0) is 12.8 Å². The minimum absolute atomic E-state index is 0.234. The number of aromatic nitrogens is 4. The summed E-state index contributed by atoms with van der Waals surface area (Å²) in [4.78, 5) is 30.6. The lowest BCUT2D eigenvalue weighted by molar-refractivity contribution is 0.513. The van der Waals surface area contributed by atoms with Crippen molar-refractivity contribution in [3.8, 4) is 0 Å². The number of nitrogens with two attached hydrogens (primary N) is 1. The van der Waals surface area contributed by atoms with E-state index in [0.29, 0.717) is 30.1 Å². The minimum Gasteiger partial charge on any atom is -0.324 e. The number of rotatable bonds is 4. The first-order valence-corrected chi connectivity index (χ1v) is 6.41. The summed E-state index contributed by atoms with van der Waals surface area (Å²) in [5.41, 5.74) is 5.66. The normalized spacial score (nSPS) is 11.6. The Hall–Kier alpha value is -1.89. The molecule has 19 heavy (non-hydrogen) atoms. The van der Waals surface area contributed by atoms with E-state index in [-0.39, 0.29) is 12.5 Å². The van der Waals surface area contributed by atoms with E-state index in [1.165, 1.54) is 4.57 Å². The Balaban J connectivity index is 2.87. The van der Waals surface area contributed by atoms with Gasteiger partial charge in [-0.1, -0.05) is 13.8 Å². The molecule has 7 heteroatoms. The zero-order valence-corrected chi connectivity index (χ0v) is 11.4. The minimum atomic E-state index is -0.421. The molecule has 0 amide bonds. The standard InChI is InChI=1S/C12H19N5O2/c1-4-16-8(5-13)14-10-9(16)11(18)15-12(19)17(10)6-7(2)3/h7H,4-6,13H2,1-3H3,(H,15,18,19). The predicted molar refractivity (Wildman–Crippen MR) is 73.0 cm³/mol. The van der Waals surface area contributed by atoms with E-state index in [1.807, 2.05) is 20.8 Å². The Labute approximate surface area is 110 Å². The van der Waals surface area contributed by atoms with E-state index in [2.05, 4.69) is 9.97 Å². The second kappa shape index (κ2) is 5.00. The number of aromatic amines is 1. The first-order valence-electron chi connectivity index (χ1n) is 6.41. The number of nitrogens with one attached hydrogen (secondary N) is 1. The monoisotopic (exact) mass is 265 g/mol. The SMILES string of the molecule is CCn1c(CN)nc2c1c(=O)[nH]c(=O)n2CC(C)C. The lowest BCUT2D eigenvalue weighted by atomic mass is 10.2. The summed E-state index contributed by atoms with van der Waals surface area (Å²) in [7, 11) is 0. The molecule has 7 nitrogen and oxygen atoms in total. The summed E-state index contributed by atoms with van der Waals surface area (Å²) in [6.07, 6.45) is 0. The molecule has 0 saturated heterocycles. The zero-order chi connectivity index (χ0) is 14.2. The molecule has 2 aromatic rings. The van der Waals surface area contributed by atoms with Crippen molar-refractivity contribution in [2.75, 3.05) is 0 Å². The van der Waals surface area contributed by atoms with Crippen LogP contribution in [0.5, 0.6) is 0 Å². The van der Waals surface area contributed by atoms with Gasteiger partial charge in [0.2, 0.25) is 0 Å². The average molecular weight is 265 g/mol. The maximum atomic E-state index is 12.0. The molecule has 0 aliphatic rings. The van der Waals surface area contributed by atoms with E-state index in [9.17, 15) is 9.59 Å². The van der Waals surface area contributed by atoms with Gasteiger partial charge >= 0.3 is 5.69 Å². The van der Waals surface area contributed by atoms with Crippen molar-refractivity contribution >= 4 is 11.2 Å². The van der Waals surface area contributed by atoms with Gasteiger partial charge in [-0.3, -0.25) is 14.3 Å². The third kappa shape index (κ3) is 2.21. The molecule has 0 spiro atoms. The summed E-state index contributed by atoms with van der Waals surface area (Å²) < 4.78 is 3.26. The molecule has 0 atom stereocenters. The predicted octanol–water partition coefficient (Wildman–Crippen LogP) is 0.0209. The molecule has 2 aromatic heterocycles. The van der Waals surface area contributed by atoms with E-state index in [1.54, 1.807) is 4.57 Å². The molecule has 0 aliphatic carbocycles. The molecule has 0 aliphatic heterocycles. The average Bonchev–Trinajstić information content (AvgIpc) is 2.72. The summed E-state index contributed by atoms with van der Waals surface area (Å²) in [6.45, 7) is 7.26. The van der Waals surface area contributed by atoms with E-state index >= 15 is 0 Å². The molecule has 0 unspecified atom stereocenters. The van der Waals surface area contributed by atoms with E-state index in [0.717, 1.165) is 0 Å². The van der Waals surface area contributed by atoms with Crippen LogP contribution >= 0.6 is 0 Å². The number of fused-ring (bicyclic) bond motifs is 1. The number of hydrogen-bond acceptors (Lipinski definition) is 4. The van der Waals surface area contributed by atoms with E-state index in [4.69, 9.17) is 5.73 Å². The highest BCUT2D eigenvalue weighted by Crippen LogP contribution is 2.12. The van der Waals surface area contributed by atoms with Crippen LogP contribution in [0.4, 0.5) is 0 Å². The van der Waals surface area contributed by atoms with Gasteiger partial charge in [-0.15, -0.1) is 0 Å². The number of imidazole rings is 1. The van der Waals surface area contributed by atoms with Crippen LogP contribution in [-0.4, -0.2) is 19.1 Å². The van der Waals surface area contributed by atoms with Gasteiger partial charge in [-0.25, -0.2) is 9.78 Å². The van der Waals surface area contributed by atoms with Gasteiger partial charge in [0.15, 0.2) is 11.2 Å². The quantitative estimate of drug-likeness (QED) is 0.814. The molecule has 0 aromatic carbocycles. The zero-order valence-electron chi connectivity index (χ0n) is 11.4. The lowest BCUT2D eigenvalue weighted by Crippen LogP contribution is -2.32. The Kier molecular flexibility index (Phi) is 3.57. The van der Waals surface area contributed by atoms with Crippen molar-refractivity contribution < 1.29 is 0 Å². The number of nitrogens with zero attached hydrogens (tertiary/aromatic N) is 3. The van der Waals surface area contributed by atoms with Crippen LogP contribution in [0.25, 0.3) is 11.2 Å². The van der Waals surface area contributed by atoms with Gasteiger partial charge < -0.3 is 10.3 Å². The molecule has 3 N–H and O–H groups in total. The van der Waals surface area contributed by atoms with Crippen molar-refractivity contribution in [3.05, 3.63) is 26.7 Å².